The molecule has 2 aromatic heterocycles. The number of anilines is 1. The molecule has 1 aliphatic heterocycles. The third-order valence-electron chi connectivity index (χ3n) is 2.79. The summed E-state index contributed by atoms with van der Waals surface area (Å²) in [5.41, 5.74) is 0.344. The van der Waals surface area contributed by atoms with E-state index in [1.807, 2.05) is 19.0 Å². The van der Waals surface area contributed by atoms with Gasteiger partial charge in [0, 0.05) is 27.2 Å². The topological polar surface area (TPSA) is 106 Å². The maximum atomic E-state index is 5.28. The van der Waals surface area contributed by atoms with Crippen molar-refractivity contribution in [3.05, 3.63) is 0 Å². The lowest BCUT2D eigenvalue weighted by molar-refractivity contribution is 0.119. The molecule has 0 atom stereocenters. The molecule has 21 heavy (non-hydrogen) atoms. The second-order valence-electron chi connectivity index (χ2n) is 4.64. The largest absolute Gasteiger partial charge is 0.378 e. The zero-order chi connectivity index (χ0) is 14.7. The van der Waals surface area contributed by atoms with Crippen molar-refractivity contribution in [2.24, 2.45) is 4.99 Å². The van der Waals surface area contributed by atoms with E-state index in [0.29, 0.717) is 49.7 Å². The standard InChI is InChI=1S/C11H15N7O3/c1-17(2)7-12-9-8(14-21-16-9)10-13-11(20-15-10)18-3-5-19-6-4-18/h7H,3-6H2,1-2H3. The molecule has 1 fully saturated rings. The normalized spacial score (nSPS) is 15.8. The van der Waals surface area contributed by atoms with Crippen molar-refractivity contribution in [3.8, 4) is 11.5 Å². The fourth-order valence-corrected chi connectivity index (χ4v) is 1.77. The van der Waals surface area contributed by atoms with Crippen LogP contribution in [0.4, 0.5) is 11.8 Å². The highest BCUT2D eigenvalue weighted by molar-refractivity contribution is 5.68. The molecule has 112 valence electrons. The molecule has 0 spiro atoms. The molecule has 0 unspecified atom stereocenters. The van der Waals surface area contributed by atoms with Crippen LogP contribution in [-0.2, 0) is 4.74 Å². The van der Waals surface area contributed by atoms with Crippen LogP contribution in [0.1, 0.15) is 0 Å². The van der Waals surface area contributed by atoms with E-state index in [4.69, 9.17) is 13.9 Å². The van der Waals surface area contributed by atoms with Gasteiger partial charge in [-0.3, -0.25) is 0 Å². The Morgan fingerprint density at radius 1 is 1.19 bits per heavy atom. The van der Waals surface area contributed by atoms with Gasteiger partial charge in [0.05, 0.1) is 19.6 Å². The first-order valence-corrected chi connectivity index (χ1v) is 6.44. The van der Waals surface area contributed by atoms with Crippen molar-refractivity contribution < 1.29 is 13.9 Å². The van der Waals surface area contributed by atoms with Crippen LogP contribution in [0.2, 0.25) is 0 Å². The maximum Gasteiger partial charge on any atom is 0.324 e. The molecule has 0 saturated carbocycles. The van der Waals surface area contributed by atoms with Gasteiger partial charge in [-0.2, -0.15) is 4.98 Å². The Balaban J connectivity index is 1.81. The van der Waals surface area contributed by atoms with Gasteiger partial charge in [0.1, 0.15) is 0 Å². The summed E-state index contributed by atoms with van der Waals surface area (Å²) in [5.74, 6) is 0.599. The van der Waals surface area contributed by atoms with Gasteiger partial charge in [-0.25, -0.2) is 9.62 Å². The van der Waals surface area contributed by atoms with Crippen LogP contribution in [0.25, 0.3) is 11.5 Å². The smallest absolute Gasteiger partial charge is 0.324 e. The van der Waals surface area contributed by atoms with Crippen LogP contribution in [0, 0.1) is 0 Å². The molecule has 1 saturated heterocycles. The van der Waals surface area contributed by atoms with E-state index in [-0.39, 0.29) is 0 Å². The van der Waals surface area contributed by atoms with Gasteiger partial charge in [0.25, 0.3) is 0 Å². The molecule has 3 heterocycles. The Labute approximate surface area is 120 Å². The predicted octanol–water partition coefficient (Wildman–Crippen LogP) is 0.178. The highest BCUT2D eigenvalue weighted by Gasteiger charge is 2.22. The highest BCUT2D eigenvalue weighted by atomic mass is 16.6. The van der Waals surface area contributed by atoms with Crippen molar-refractivity contribution in [1.29, 1.82) is 0 Å². The summed E-state index contributed by atoms with van der Waals surface area (Å²) in [5, 5.41) is 11.4. The molecule has 10 nitrogen and oxygen atoms in total. The quantitative estimate of drug-likeness (QED) is 0.576. The van der Waals surface area contributed by atoms with Crippen molar-refractivity contribution in [2.75, 3.05) is 45.3 Å². The third kappa shape index (κ3) is 2.99. The molecular formula is C11H15N7O3. The van der Waals surface area contributed by atoms with Gasteiger partial charge >= 0.3 is 6.01 Å². The Morgan fingerprint density at radius 3 is 2.76 bits per heavy atom. The van der Waals surface area contributed by atoms with E-state index in [1.165, 1.54) is 0 Å². The number of ether oxygens (including phenoxy) is 1. The van der Waals surface area contributed by atoms with E-state index in [0.717, 1.165) is 0 Å². The van der Waals surface area contributed by atoms with Crippen molar-refractivity contribution >= 4 is 18.2 Å². The van der Waals surface area contributed by atoms with Crippen LogP contribution in [-0.4, -0.2) is 72.1 Å². The number of aliphatic imine (C=N–C) groups is 1. The van der Waals surface area contributed by atoms with Crippen molar-refractivity contribution in [2.45, 2.75) is 0 Å². The van der Waals surface area contributed by atoms with Gasteiger partial charge in [-0.1, -0.05) is 5.16 Å². The number of nitrogens with zero attached hydrogens (tertiary/aromatic N) is 7. The van der Waals surface area contributed by atoms with E-state index in [9.17, 15) is 0 Å². The Bertz CT molecular complexity index is 615. The summed E-state index contributed by atoms with van der Waals surface area (Å²) in [6, 6.07) is 0.429. The van der Waals surface area contributed by atoms with E-state index in [1.54, 1.807) is 11.2 Å². The molecule has 10 heteroatoms. The van der Waals surface area contributed by atoms with Crippen LogP contribution in [0.3, 0.4) is 0 Å². The predicted molar refractivity (Wildman–Crippen MR) is 72.5 cm³/mol. The zero-order valence-electron chi connectivity index (χ0n) is 11.8. The average Bonchev–Trinajstić information content (AvgIpc) is 3.14. The van der Waals surface area contributed by atoms with E-state index in [2.05, 4.69) is 25.4 Å². The maximum absolute atomic E-state index is 5.28. The van der Waals surface area contributed by atoms with Crippen molar-refractivity contribution in [1.82, 2.24) is 25.4 Å². The SMILES string of the molecule is CN(C)C=Nc1nonc1-c1noc(N2CCOCC2)n1. The summed E-state index contributed by atoms with van der Waals surface area (Å²) in [4.78, 5) is 12.2. The van der Waals surface area contributed by atoms with Crippen LogP contribution < -0.4 is 4.90 Å². The lowest BCUT2D eigenvalue weighted by Crippen LogP contribution is -2.36. The molecule has 0 aromatic carbocycles. The molecule has 3 rings (SSSR count). The minimum atomic E-state index is 0.295. The van der Waals surface area contributed by atoms with Crippen molar-refractivity contribution in [3.63, 3.8) is 0 Å². The molecule has 1 aliphatic rings. The molecule has 2 aromatic rings. The van der Waals surface area contributed by atoms with Crippen LogP contribution in [0.15, 0.2) is 14.1 Å². The minimum Gasteiger partial charge on any atom is -0.378 e. The first-order chi connectivity index (χ1) is 10.2. The minimum absolute atomic E-state index is 0.295. The lowest BCUT2D eigenvalue weighted by Gasteiger charge is -2.24. The summed E-state index contributed by atoms with van der Waals surface area (Å²) in [6.07, 6.45) is 1.59. The van der Waals surface area contributed by atoms with Gasteiger partial charge < -0.3 is 19.1 Å². The van der Waals surface area contributed by atoms with Gasteiger partial charge in [0.15, 0.2) is 0 Å². The fraction of sp³-hybridized carbons (Fsp3) is 0.545. The molecular weight excluding hydrogens is 278 g/mol. The zero-order valence-corrected chi connectivity index (χ0v) is 11.8. The van der Waals surface area contributed by atoms with Gasteiger partial charge in [-0.05, 0) is 10.3 Å². The summed E-state index contributed by atoms with van der Waals surface area (Å²) < 4.78 is 15.2. The molecule has 0 bridgehead atoms. The van der Waals surface area contributed by atoms with E-state index < -0.39 is 0 Å². The summed E-state index contributed by atoms with van der Waals surface area (Å²) in [6.45, 7) is 2.71. The number of morpholine rings is 1. The van der Waals surface area contributed by atoms with Gasteiger partial charge in [0.2, 0.25) is 17.3 Å². The first-order valence-electron chi connectivity index (χ1n) is 6.44. The van der Waals surface area contributed by atoms with Crippen LogP contribution in [0.5, 0.6) is 0 Å². The summed E-state index contributed by atoms with van der Waals surface area (Å²) >= 11 is 0. The number of aromatic nitrogens is 4. The lowest BCUT2D eigenvalue weighted by atomic mass is 10.4. The molecule has 0 amide bonds. The Hall–Kier alpha value is -2.49. The number of rotatable bonds is 4. The second kappa shape index (κ2) is 5.87. The van der Waals surface area contributed by atoms with E-state index >= 15 is 0 Å². The second-order valence-corrected chi connectivity index (χ2v) is 4.64. The molecule has 0 radical (unpaired) electrons. The van der Waals surface area contributed by atoms with Gasteiger partial charge in [-0.15, -0.1) is 0 Å². The first kappa shape index (κ1) is 13.5. The molecule has 0 aliphatic carbocycles. The monoisotopic (exact) mass is 293 g/mol. The Kier molecular flexibility index (Phi) is 3.77. The highest BCUT2D eigenvalue weighted by Crippen LogP contribution is 2.25. The number of hydrogen-bond donors (Lipinski definition) is 0. The van der Waals surface area contributed by atoms with Crippen LogP contribution >= 0.6 is 0 Å². The Morgan fingerprint density at radius 2 is 2.00 bits per heavy atom. The fourth-order valence-electron chi connectivity index (χ4n) is 1.77. The average molecular weight is 293 g/mol. The molecule has 0 N–H and O–H groups in total. The number of hydrogen-bond acceptors (Lipinski definition) is 9. The third-order valence-corrected chi connectivity index (χ3v) is 2.79. The summed E-state index contributed by atoms with van der Waals surface area (Å²) in [7, 11) is 3.70.